The van der Waals surface area contributed by atoms with E-state index in [4.69, 9.17) is 4.74 Å². The average molecular weight is 275 g/mol. The largest absolute Gasteiger partial charge is 0.497 e. The second-order valence-corrected chi connectivity index (χ2v) is 6.22. The Hall–Kier alpha value is -1.06. The maximum absolute atomic E-state index is 10.8. The number of ether oxygens (including phenoxy) is 1. The van der Waals surface area contributed by atoms with Crippen LogP contribution in [0.25, 0.3) is 0 Å². The van der Waals surface area contributed by atoms with Crippen LogP contribution in [0.1, 0.15) is 49.3 Å². The zero-order valence-electron chi connectivity index (χ0n) is 12.5. The van der Waals surface area contributed by atoms with Gasteiger partial charge in [-0.25, -0.2) is 0 Å². The molecule has 110 valence electrons. The lowest BCUT2D eigenvalue weighted by Gasteiger charge is -2.39. The van der Waals surface area contributed by atoms with Crippen molar-refractivity contribution in [3.05, 3.63) is 29.3 Å². The Morgan fingerprint density at radius 3 is 2.65 bits per heavy atom. The first-order valence-electron chi connectivity index (χ1n) is 7.77. The van der Waals surface area contributed by atoms with Crippen LogP contribution in [-0.4, -0.2) is 36.2 Å². The molecule has 0 heterocycles. The van der Waals surface area contributed by atoms with Crippen molar-refractivity contribution in [2.75, 3.05) is 14.2 Å². The van der Waals surface area contributed by atoms with Crippen LogP contribution in [0.5, 0.6) is 5.75 Å². The van der Waals surface area contributed by atoms with Crippen molar-refractivity contribution in [1.29, 1.82) is 0 Å². The van der Waals surface area contributed by atoms with Crippen molar-refractivity contribution in [1.82, 2.24) is 4.90 Å². The molecule has 0 aromatic heterocycles. The highest BCUT2D eigenvalue weighted by atomic mass is 16.5. The van der Waals surface area contributed by atoms with Crippen LogP contribution in [0.15, 0.2) is 18.2 Å². The minimum Gasteiger partial charge on any atom is -0.497 e. The fourth-order valence-corrected chi connectivity index (χ4v) is 3.88. The molecule has 3 nitrogen and oxygen atoms in total. The van der Waals surface area contributed by atoms with Crippen molar-refractivity contribution in [2.45, 2.75) is 56.7 Å². The SMILES string of the molecule is COc1ccc2c(c1)C(O)C(N(C)C1CCCC1)CC2. The molecule has 2 unspecified atom stereocenters. The third-order valence-electron chi connectivity index (χ3n) is 5.17. The number of rotatable bonds is 3. The van der Waals surface area contributed by atoms with Crippen molar-refractivity contribution in [3.63, 3.8) is 0 Å². The number of nitrogens with zero attached hydrogens (tertiary/aromatic N) is 1. The minimum atomic E-state index is -0.389. The van der Waals surface area contributed by atoms with Crippen molar-refractivity contribution >= 4 is 0 Å². The van der Waals surface area contributed by atoms with Crippen molar-refractivity contribution in [2.24, 2.45) is 0 Å². The first-order valence-corrected chi connectivity index (χ1v) is 7.77. The van der Waals surface area contributed by atoms with E-state index in [0.717, 1.165) is 24.2 Å². The molecule has 1 fully saturated rings. The van der Waals surface area contributed by atoms with Crippen LogP contribution < -0.4 is 4.74 Å². The predicted molar refractivity (Wildman–Crippen MR) is 80.1 cm³/mol. The van der Waals surface area contributed by atoms with Gasteiger partial charge in [-0.2, -0.15) is 0 Å². The summed E-state index contributed by atoms with van der Waals surface area (Å²) < 4.78 is 5.30. The summed E-state index contributed by atoms with van der Waals surface area (Å²) >= 11 is 0. The molecule has 20 heavy (non-hydrogen) atoms. The molecule has 2 aliphatic rings. The monoisotopic (exact) mass is 275 g/mol. The molecule has 0 radical (unpaired) electrons. The van der Waals surface area contributed by atoms with Crippen molar-refractivity contribution in [3.8, 4) is 5.75 Å². The second kappa shape index (κ2) is 5.74. The molecule has 0 saturated heterocycles. The molecule has 0 spiro atoms. The average Bonchev–Trinajstić information content (AvgIpc) is 3.01. The molecular weight excluding hydrogens is 250 g/mol. The number of likely N-dealkylation sites (N-methyl/N-ethyl adjacent to an activating group) is 1. The van der Waals surface area contributed by atoms with E-state index in [1.165, 1.54) is 31.2 Å². The van der Waals surface area contributed by atoms with E-state index in [9.17, 15) is 5.11 Å². The Bertz CT molecular complexity index is 468. The van der Waals surface area contributed by atoms with Gasteiger partial charge in [-0.1, -0.05) is 18.9 Å². The van der Waals surface area contributed by atoms with Gasteiger partial charge in [0.15, 0.2) is 0 Å². The fraction of sp³-hybridized carbons (Fsp3) is 0.647. The zero-order valence-corrected chi connectivity index (χ0v) is 12.5. The van der Waals surface area contributed by atoms with Crippen molar-refractivity contribution < 1.29 is 9.84 Å². The summed E-state index contributed by atoms with van der Waals surface area (Å²) in [5.74, 6) is 0.840. The van der Waals surface area contributed by atoms with Gasteiger partial charge in [-0.3, -0.25) is 4.90 Å². The Morgan fingerprint density at radius 1 is 1.20 bits per heavy atom. The lowest BCUT2D eigenvalue weighted by Crippen LogP contribution is -2.44. The molecule has 0 bridgehead atoms. The van der Waals surface area contributed by atoms with E-state index in [0.29, 0.717) is 6.04 Å². The van der Waals surface area contributed by atoms with Crippen LogP contribution >= 0.6 is 0 Å². The van der Waals surface area contributed by atoms with Gasteiger partial charge in [0.05, 0.1) is 13.2 Å². The summed E-state index contributed by atoms with van der Waals surface area (Å²) in [6.45, 7) is 0. The van der Waals surface area contributed by atoms with E-state index in [1.54, 1.807) is 7.11 Å². The minimum absolute atomic E-state index is 0.248. The number of aliphatic hydroxyl groups excluding tert-OH is 1. The molecule has 3 rings (SSSR count). The highest BCUT2D eigenvalue weighted by Gasteiger charge is 2.34. The maximum Gasteiger partial charge on any atom is 0.119 e. The molecular formula is C17H25NO2. The topological polar surface area (TPSA) is 32.7 Å². The number of hydrogen-bond acceptors (Lipinski definition) is 3. The standard InChI is InChI=1S/C17H25NO2/c1-18(13-5-3-4-6-13)16-10-8-12-7-9-14(20-2)11-15(12)17(16)19/h7,9,11,13,16-17,19H,3-6,8,10H2,1-2H3. The lowest BCUT2D eigenvalue weighted by atomic mass is 9.84. The summed E-state index contributed by atoms with van der Waals surface area (Å²) in [6, 6.07) is 7.00. The number of aryl methyl sites for hydroxylation is 1. The van der Waals surface area contributed by atoms with E-state index in [2.05, 4.69) is 18.0 Å². The summed E-state index contributed by atoms with van der Waals surface area (Å²) in [4.78, 5) is 2.43. The molecule has 1 aromatic carbocycles. The number of aliphatic hydroxyl groups is 1. The van der Waals surface area contributed by atoms with Gasteiger partial charge in [0.2, 0.25) is 0 Å². The van der Waals surface area contributed by atoms with E-state index >= 15 is 0 Å². The highest BCUT2D eigenvalue weighted by molar-refractivity contribution is 5.39. The Kier molecular flexibility index (Phi) is 3.99. The van der Waals surface area contributed by atoms with Crippen LogP contribution in [0, 0.1) is 0 Å². The van der Waals surface area contributed by atoms with Crippen LogP contribution in [0.3, 0.4) is 0 Å². The number of fused-ring (bicyclic) bond motifs is 1. The third kappa shape index (κ3) is 2.45. The van der Waals surface area contributed by atoms with Crippen LogP contribution in [-0.2, 0) is 6.42 Å². The molecule has 0 amide bonds. The highest BCUT2D eigenvalue weighted by Crippen LogP contribution is 2.37. The molecule has 2 aliphatic carbocycles. The Morgan fingerprint density at radius 2 is 1.95 bits per heavy atom. The summed E-state index contributed by atoms with van der Waals surface area (Å²) in [7, 11) is 3.87. The van der Waals surface area contributed by atoms with Gasteiger partial charge in [0, 0.05) is 12.1 Å². The van der Waals surface area contributed by atoms with Gasteiger partial charge >= 0.3 is 0 Å². The number of hydrogen-bond donors (Lipinski definition) is 1. The van der Waals surface area contributed by atoms with Gasteiger partial charge in [-0.15, -0.1) is 0 Å². The first-order chi connectivity index (χ1) is 9.70. The number of benzene rings is 1. The van der Waals surface area contributed by atoms with Gasteiger partial charge in [0.1, 0.15) is 5.75 Å². The molecule has 1 saturated carbocycles. The quantitative estimate of drug-likeness (QED) is 0.920. The predicted octanol–water partition coefficient (Wildman–Crippen LogP) is 2.92. The maximum atomic E-state index is 10.8. The van der Waals surface area contributed by atoms with E-state index in [1.807, 2.05) is 12.1 Å². The molecule has 1 N–H and O–H groups in total. The Labute approximate surface area is 121 Å². The summed E-state index contributed by atoms with van der Waals surface area (Å²) in [5, 5.41) is 10.8. The molecule has 2 atom stereocenters. The number of methoxy groups -OCH3 is 1. The normalized spacial score (nSPS) is 26.8. The summed E-state index contributed by atoms with van der Waals surface area (Å²) in [5.41, 5.74) is 2.33. The van der Waals surface area contributed by atoms with E-state index in [-0.39, 0.29) is 12.1 Å². The van der Waals surface area contributed by atoms with Gasteiger partial charge in [0.25, 0.3) is 0 Å². The van der Waals surface area contributed by atoms with Gasteiger partial charge < -0.3 is 9.84 Å². The van der Waals surface area contributed by atoms with E-state index < -0.39 is 0 Å². The van der Waals surface area contributed by atoms with Crippen LogP contribution in [0.4, 0.5) is 0 Å². The zero-order chi connectivity index (χ0) is 14.1. The fourth-order valence-electron chi connectivity index (χ4n) is 3.88. The lowest BCUT2D eigenvalue weighted by molar-refractivity contribution is 0.0289. The molecule has 0 aliphatic heterocycles. The molecule has 3 heteroatoms. The second-order valence-electron chi connectivity index (χ2n) is 6.22. The Balaban J connectivity index is 1.81. The first kappa shape index (κ1) is 13.9. The molecule has 1 aromatic rings. The third-order valence-corrected chi connectivity index (χ3v) is 5.17. The smallest absolute Gasteiger partial charge is 0.119 e. The van der Waals surface area contributed by atoms with Gasteiger partial charge in [-0.05, 0) is 56.0 Å². The summed E-state index contributed by atoms with van der Waals surface area (Å²) in [6.07, 6.45) is 6.95. The van der Waals surface area contributed by atoms with Crippen LogP contribution in [0.2, 0.25) is 0 Å².